The van der Waals surface area contributed by atoms with Crippen LogP contribution in [0.1, 0.15) is 78.9 Å². The number of pyridine rings is 2. The third-order valence-electron chi connectivity index (χ3n) is 13.7. The highest BCUT2D eigenvalue weighted by atomic mass is 15.1. The van der Waals surface area contributed by atoms with Crippen molar-refractivity contribution in [2.75, 3.05) is 7.05 Å². The summed E-state index contributed by atoms with van der Waals surface area (Å²) in [5.41, 5.74) is 21.9. The fraction of sp³-hybridized carbons (Fsp3) is 0.179. The molecule has 0 saturated heterocycles. The molecule has 63 heavy (non-hydrogen) atoms. The topological polar surface area (TPSA) is 80.0 Å². The second-order valence-corrected chi connectivity index (χ2v) is 17.8. The molecule has 7 heteroatoms. The molecule has 3 aromatic heterocycles. The lowest BCUT2D eigenvalue weighted by molar-refractivity contribution is 0.318. The van der Waals surface area contributed by atoms with Crippen molar-refractivity contribution in [1.29, 1.82) is 0 Å². The Kier molecular flexibility index (Phi) is 8.58. The third-order valence-corrected chi connectivity index (χ3v) is 13.7. The molecule has 12 rings (SSSR count). The standard InChI is InChI=1S/C56H43N7/c1-34-33-56(2)22-21-41(29-43(56)32-46(34)48-31-39-14-10-26-63(3)52(39)51-45(48)16-9-25-59-51)55-61-53(36-11-5-4-6-12-36)60-54(62-55)40-20-18-35-17-19-37(27-42(35)28-40)47-30-38-13-7-23-57-49(38)50-44(47)15-8-24-58-50/h5,7-12,14-21,23-32,34,38,52H,13,22,33H2,1-3H3. The maximum absolute atomic E-state index is 5.26. The maximum Gasteiger partial charge on any atom is 0.164 e. The molecule has 0 N–H and O–H groups in total. The minimum atomic E-state index is -0.0135. The van der Waals surface area contributed by atoms with Crippen LogP contribution < -0.4 is 0 Å². The van der Waals surface area contributed by atoms with Crippen molar-refractivity contribution in [3.05, 3.63) is 220 Å². The summed E-state index contributed by atoms with van der Waals surface area (Å²) >= 11 is 0. The minimum Gasteiger partial charge on any atom is -0.368 e. The number of aliphatic imine (C=N–C) groups is 1. The molecule has 0 saturated carbocycles. The largest absolute Gasteiger partial charge is 0.368 e. The van der Waals surface area contributed by atoms with E-state index in [2.05, 4.69) is 147 Å². The molecule has 5 heterocycles. The van der Waals surface area contributed by atoms with E-state index >= 15 is 0 Å². The van der Waals surface area contributed by atoms with Crippen LogP contribution in [0.2, 0.25) is 0 Å². The Labute approximate surface area is 367 Å². The summed E-state index contributed by atoms with van der Waals surface area (Å²) in [6.07, 6.45) is 34.8. The first-order valence-corrected chi connectivity index (χ1v) is 21.9. The first-order chi connectivity index (χ1) is 30.9. The zero-order valence-corrected chi connectivity index (χ0v) is 35.4. The highest BCUT2D eigenvalue weighted by molar-refractivity contribution is 6.11. The zero-order valence-electron chi connectivity index (χ0n) is 35.4. The SMILES string of the molecule is CC1CC2(C)CC=C(c3nc(C4=CC=C=C=C4)nc(-c4ccc5ccc(C6=CC7CC=CN=C7c7ncccc76)cc5c4)n3)C=C2C=C1C1=CC2=CC=CN(C)C2c2ncccc21. The molecule has 2 aromatic carbocycles. The molecule has 0 bridgehead atoms. The third kappa shape index (κ3) is 6.28. The van der Waals surface area contributed by atoms with Gasteiger partial charge >= 0.3 is 0 Å². The van der Waals surface area contributed by atoms with Crippen LogP contribution in [0.25, 0.3) is 44.5 Å². The van der Waals surface area contributed by atoms with Crippen LogP contribution in [-0.2, 0) is 0 Å². The smallest absolute Gasteiger partial charge is 0.164 e. The average Bonchev–Trinajstić information content (AvgIpc) is 3.33. The Morgan fingerprint density at radius 2 is 1.60 bits per heavy atom. The quantitative estimate of drug-likeness (QED) is 0.164. The van der Waals surface area contributed by atoms with Gasteiger partial charge in [0.1, 0.15) is 0 Å². The minimum absolute atomic E-state index is 0.0135. The number of benzene rings is 2. The number of fused-ring (bicyclic) bond motifs is 8. The molecule has 7 nitrogen and oxygen atoms in total. The molecule has 0 amide bonds. The van der Waals surface area contributed by atoms with Crippen LogP contribution in [0, 0.1) is 17.3 Å². The summed E-state index contributed by atoms with van der Waals surface area (Å²) < 4.78 is 0. The lowest BCUT2D eigenvalue weighted by atomic mass is 9.63. The van der Waals surface area contributed by atoms with Crippen LogP contribution in [0.3, 0.4) is 0 Å². The normalized spacial score (nSPS) is 23.7. The first-order valence-electron chi connectivity index (χ1n) is 21.9. The van der Waals surface area contributed by atoms with Gasteiger partial charge in [0, 0.05) is 59.4 Å². The monoisotopic (exact) mass is 813 g/mol. The van der Waals surface area contributed by atoms with Crippen LogP contribution in [0.4, 0.5) is 0 Å². The lowest BCUT2D eigenvalue weighted by Gasteiger charge is -2.42. The summed E-state index contributed by atoms with van der Waals surface area (Å²) in [6, 6.07) is 21.8. The van der Waals surface area contributed by atoms with Gasteiger partial charge < -0.3 is 4.90 Å². The van der Waals surface area contributed by atoms with E-state index < -0.39 is 0 Å². The average molecular weight is 814 g/mol. The predicted molar refractivity (Wildman–Crippen MR) is 253 cm³/mol. The van der Waals surface area contributed by atoms with E-state index in [4.69, 9.17) is 29.9 Å². The molecule has 2 aliphatic heterocycles. The predicted octanol–water partition coefficient (Wildman–Crippen LogP) is 11.7. The van der Waals surface area contributed by atoms with Gasteiger partial charge in [-0.05, 0) is 142 Å². The molecule has 0 radical (unpaired) electrons. The van der Waals surface area contributed by atoms with Crippen molar-refractivity contribution >= 4 is 38.8 Å². The Morgan fingerprint density at radius 1 is 0.794 bits per heavy atom. The molecule has 7 aliphatic rings. The molecular weight excluding hydrogens is 771 g/mol. The van der Waals surface area contributed by atoms with Gasteiger partial charge in [-0.15, -0.1) is 0 Å². The first kappa shape index (κ1) is 37.2. The molecule has 302 valence electrons. The highest BCUT2D eigenvalue weighted by Gasteiger charge is 2.40. The van der Waals surface area contributed by atoms with Gasteiger partial charge in [-0.3, -0.25) is 15.0 Å². The van der Waals surface area contributed by atoms with Crippen LogP contribution in [-0.4, -0.2) is 42.6 Å². The van der Waals surface area contributed by atoms with Gasteiger partial charge in [0.2, 0.25) is 0 Å². The van der Waals surface area contributed by atoms with Crippen molar-refractivity contribution in [2.24, 2.45) is 22.2 Å². The number of allylic oxidation sites excluding steroid dienone is 15. The summed E-state index contributed by atoms with van der Waals surface area (Å²) in [5, 5.41) is 2.26. The van der Waals surface area contributed by atoms with Crippen molar-refractivity contribution in [2.45, 2.75) is 39.2 Å². The van der Waals surface area contributed by atoms with Gasteiger partial charge in [-0.25, -0.2) is 15.0 Å². The molecular formula is C56H43N7. The fourth-order valence-electron chi connectivity index (χ4n) is 10.5. The van der Waals surface area contributed by atoms with Crippen LogP contribution in [0.15, 0.2) is 185 Å². The Hall–Kier alpha value is -7.56. The molecule has 5 aromatic rings. The van der Waals surface area contributed by atoms with E-state index in [1.165, 1.54) is 33.4 Å². The van der Waals surface area contributed by atoms with E-state index in [0.717, 1.165) is 75.0 Å². The van der Waals surface area contributed by atoms with Crippen LogP contribution >= 0.6 is 0 Å². The summed E-state index contributed by atoms with van der Waals surface area (Å²) in [4.78, 5) is 32.3. The maximum atomic E-state index is 5.26. The fourth-order valence-corrected chi connectivity index (χ4v) is 10.5. The highest BCUT2D eigenvalue weighted by Crippen LogP contribution is 2.53. The Balaban J connectivity index is 0.945. The number of rotatable bonds is 5. The molecule has 0 spiro atoms. The van der Waals surface area contributed by atoms with Crippen molar-refractivity contribution in [3.8, 4) is 11.4 Å². The van der Waals surface area contributed by atoms with Crippen LogP contribution in [0.5, 0.6) is 0 Å². The summed E-state index contributed by atoms with van der Waals surface area (Å²) in [7, 11) is 2.13. The lowest BCUT2D eigenvalue weighted by Crippen LogP contribution is -2.30. The number of nitrogens with zero attached hydrogens (tertiary/aromatic N) is 7. The van der Waals surface area contributed by atoms with Gasteiger partial charge in [0.15, 0.2) is 17.5 Å². The summed E-state index contributed by atoms with van der Waals surface area (Å²) in [5.74, 6) is 2.46. The number of aromatic nitrogens is 5. The zero-order chi connectivity index (χ0) is 42.2. The molecule has 0 fully saturated rings. The van der Waals surface area contributed by atoms with Gasteiger partial charge in [0.05, 0.1) is 23.1 Å². The molecule has 4 unspecified atom stereocenters. The van der Waals surface area contributed by atoms with Crippen molar-refractivity contribution in [3.63, 3.8) is 0 Å². The van der Waals surface area contributed by atoms with E-state index in [0.29, 0.717) is 23.4 Å². The number of likely N-dealkylation sites (N-methyl/N-ethyl adjacent to an activating group) is 1. The van der Waals surface area contributed by atoms with E-state index in [1.54, 1.807) is 0 Å². The summed E-state index contributed by atoms with van der Waals surface area (Å²) in [6.45, 7) is 4.78. The van der Waals surface area contributed by atoms with E-state index in [-0.39, 0.29) is 17.4 Å². The van der Waals surface area contributed by atoms with Gasteiger partial charge in [-0.2, -0.15) is 0 Å². The number of hydrogen-bond acceptors (Lipinski definition) is 7. The Bertz CT molecular complexity index is 3290. The molecule has 4 atom stereocenters. The van der Waals surface area contributed by atoms with Gasteiger partial charge in [-0.1, -0.05) is 92.1 Å². The van der Waals surface area contributed by atoms with Crippen molar-refractivity contribution in [1.82, 2.24) is 29.8 Å². The van der Waals surface area contributed by atoms with E-state index in [1.807, 2.05) is 42.9 Å². The van der Waals surface area contributed by atoms with Gasteiger partial charge in [0.25, 0.3) is 0 Å². The molecule has 5 aliphatic carbocycles. The Morgan fingerprint density at radius 3 is 2.48 bits per heavy atom. The number of hydrogen-bond donors (Lipinski definition) is 0. The second kappa shape index (κ2) is 14.5. The van der Waals surface area contributed by atoms with Crippen molar-refractivity contribution < 1.29 is 0 Å². The van der Waals surface area contributed by atoms with E-state index in [9.17, 15) is 0 Å². The second-order valence-electron chi connectivity index (χ2n) is 17.8.